The summed E-state index contributed by atoms with van der Waals surface area (Å²) in [6.45, 7) is 14.0. The van der Waals surface area contributed by atoms with Gasteiger partial charge in [0.15, 0.2) is 11.8 Å². The Morgan fingerprint density at radius 1 is 1.00 bits per heavy atom. The van der Waals surface area contributed by atoms with Gasteiger partial charge in [-0.05, 0) is 37.3 Å². The highest BCUT2D eigenvalue weighted by Gasteiger charge is 2.50. The zero-order valence-electron chi connectivity index (χ0n) is 17.3. The van der Waals surface area contributed by atoms with Crippen molar-refractivity contribution in [2.24, 2.45) is 0 Å². The van der Waals surface area contributed by atoms with Crippen molar-refractivity contribution in [3.05, 3.63) is 64.5 Å². The van der Waals surface area contributed by atoms with Crippen molar-refractivity contribution in [1.82, 2.24) is 0 Å². The molecule has 0 aliphatic carbocycles. The van der Waals surface area contributed by atoms with Crippen LogP contribution in [0.25, 0.3) is 10.1 Å². The Kier molecular flexibility index (Phi) is 4.31. The number of aryl methyl sites for hydroxylation is 1. The maximum atomic E-state index is 2.57. The lowest BCUT2D eigenvalue weighted by molar-refractivity contribution is -0.512. The fourth-order valence-corrected chi connectivity index (χ4v) is 5.92. The minimum Gasteiger partial charge on any atom is -0.196 e. The molecule has 2 heteroatoms. The summed E-state index contributed by atoms with van der Waals surface area (Å²) in [6, 6.07) is 17.9. The van der Waals surface area contributed by atoms with Crippen LogP contribution in [0.15, 0.2) is 48.5 Å². The molecule has 0 spiro atoms. The van der Waals surface area contributed by atoms with E-state index in [0.29, 0.717) is 5.92 Å². The lowest BCUT2D eigenvalue weighted by Gasteiger charge is -2.22. The Morgan fingerprint density at radius 3 is 2.44 bits per heavy atom. The van der Waals surface area contributed by atoms with Crippen molar-refractivity contribution in [3.8, 4) is 0 Å². The summed E-state index contributed by atoms with van der Waals surface area (Å²) in [4.78, 5) is 1.47. The second kappa shape index (κ2) is 6.31. The molecule has 1 unspecified atom stereocenters. The van der Waals surface area contributed by atoms with Gasteiger partial charge in [0.25, 0.3) is 0 Å². The van der Waals surface area contributed by atoms with E-state index in [1.54, 1.807) is 0 Å². The number of benzene rings is 2. The molecule has 0 saturated heterocycles. The Hall–Kier alpha value is -1.93. The zero-order chi connectivity index (χ0) is 19.4. The molecule has 27 heavy (non-hydrogen) atoms. The maximum Gasteiger partial charge on any atom is 0.211 e. The van der Waals surface area contributed by atoms with Gasteiger partial charge in [-0.15, -0.1) is 11.3 Å². The lowest BCUT2D eigenvalue weighted by atomic mass is 9.81. The smallest absolute Gasteiger partial charge is 0.196 e. The standard InChI is InChI=1S/C25H30NS/c1-17(2)20-12-9-10-18(3)23(20)26-16-25(6,15-24(26,4)5)22-14-19-11-7-8-13-21(19)27-22/h7-14,16-17H,15H2,1-6H3/q+1. The molecule has 2 aromatic carbocycles. The molecule has 0 N–H and O–H groups in total. The molecule has 0 bridgehead atoms. The number of hydrogen-bond acceptors (Lipinski definition) is 1. The monoisotopic (exact) mass is 376 g/mol. The Bertz CT molecular complexity index is 1000. The van der Waals surface area contributed by atoms with Gasteiger partial charge in [0.05, 0.1) is 5.41 Å². The van der Waals surface area contributed by atoms with Gasteiger partial charge in [0.2, 0.25) is 5.69 Å². The second-order valence-corrected chi connectivity index (χ2v) is 10.3. The highest BCUT2D eigenvalue weighted by Crippen LogP contribution is 2.46. The van der Waals surface area contributed by atoms with Crippen LogP contribution >= 0.6 is 11.3 Å². The first-order valence-corrected chi connectivity index (χ1v) is 10.8. The summed E-state index contributed by atoms with van der Waals surface area (Å²) in [5, 5.41) is 1.36. The third kappa shape index (κ3) is 3.04. The van der Waals surface area contributed by atoms with Crippen LogP contribution < -0.4 is 0 Å². The van der Waals surface area contributed by atoms with Gasteiger partial charge < -0.3 is 0 Å². The summed E-state index contributed by atoms with van der Waals surface area (Å²) >= 11 is 1.95. The van der Waals surface area contributed by atoms with E-state index < -0.39 is 0 Å². The minimum atomic E-state index is 0.0592. The molecular weight excluding hydrogens is 346 g/mol. The maximum absolute atomic E-state index is 2.57. The zero-order valence-corrected chi connectivity index (χ0v) is 18.2. The van der Waals surface area contributed by atoms with Crippen molar-refractivity contribution < 1.29 is 4.58 Å². The first-order valence-electron chi connectivity index (χ1n) is 9.95. The molecule has 140 valence electrons. The first-order chi connectivity index (χ1) is 12.7. The van der Waals surface area contributed by atoms with Crippen LogP contribution in [0.1, 0.15) is 63.0 Å². The largest absolute Gasteiger partial charge is 0.211 e. The van der Waals surface area contributed by atoms with E-state index >= 15 is 0 Å². The molecular formula is C25H30NS+. The van der Waals surface area contributed by atoms with Crippen LogP contribution in [0.3, 0.4) is 0 Å². The van der Waals surface area contributed by atoms with Gasteiger partial charge >= 0.3 is 0 Å². The number of nitrogens with zero attached hydrogens (tertiary/aromatic N) is 1. The molecule has 1 aliphatic rings. The second-order valence-electron chi connectivity index (χ2n) is 9.22. The van der Waals surface area contributed by atoms with Gasteiger partial charge in [0, 0.05) is 41.0 Å². The SMILES string of the molecule is Cc1cccc(C(C)C)c1[N+]1=CC(C)(c2cc3ccccc3s2)CC1(C)C. The van der Waals surface area contributed by atoms with Gasteiger partial charge in [-0.2, -0.15) is 4.58 Å². The molecule has 1 nitrogen and oxygen atoms in total. The van der Waals surface area contributed by atoms with Gasteiger partial charge in [-0.25, -0.2) is 0 Å². The molecule has 4 rings (SSSR count). The van der Waals surface area contributed by atoms with E-state index in [1.807, 2.05) is 11.3 Å². The van der Waals surface area contributed by atoms with Crippen LogP contribution in [0.5, 0.6) is 0 Å². The topological polar surface area (TPSA) is 3.01 Å². The fraction of sp³-hybridized carbons (Fsp3) is 0.400. The quantitative estimate of drug-likeness (QED) is 0.426. The van der Waals surface area contributed by atoms with Crippen molar-refractivity contribution in [2.45, 2.75) is 64.8 Å². The lowest BCUT2D eigenvalue weighted by Crippen LogP contribution is -2.31. The highest BCUT2D eigenvalue weighted by molar-refractivity contribution is 7.19. The number of rotatable bonds is 3. The summed E-state index contributed by atoms with van der Waals surface area (Å²) in [6.07, 6.45) is 3.63. The predicted molar refractivity (Wildman–Crippen MR) is 119 cm³/mol. The number of hydrogen-bond donors (Lipinski definition) is 0. The number of thiophene rings is 1. The fourth-order valence-electron chi connectivity index (χ4n) is 4.75. The molecule has 0 saturated carbocycles. The minimum absolute atomic E-state index is 0.0592. The summed E-state index contributed by atoms with van der Waals surface area (Å²) in [5.41, 5.74) is 4.36. The molecule has 1 aromatic heterocycles. The van der Waals surface area contributed by atoms with Crippen molar-refractivity contribution in [1.29, 1.82) is 0 Å². The van der Waals surface area contributed by atoms with E-state index in [0.717, 1.165) is 6.42 Å². The average Bonchev–Trinajstić information content (AvgIpc) is 3.14. The predicted octanol–water partition coefficient (Wildman–Crippen LogP) is 7.19. The van der Waals surface area contributed by atoms with E-state index in [9.17, 15) is 0 Å². The Balaban J connectivity index is 1.89. The van der Waals surface area contributed by atoms with E-state index in [4.69, 9.17) is 0 Å². The highest BCUT2D eigenvalue weighted by atomic mass is 32.1. The molecule has 1 aliphatic heterocycles. The summed E-state index contributed by atoms with van der Waals surface area (Å²) in [7, 11) is 0. The third-order valence-corrected chi connectivity index (χ3v) is 7.38. The van der Waals surface area contributed by atoms with Crippen LogP contribution in [-0.4, -0.2) is 16.3 Å². The summed E-state index contributed by atoms with van der Waals surface area (Å²) in [5.74, 6) is 0.514. The molecule has 2 heterocycles. The number of para-hydroxylation sites is 1. The van der Waals surface area contributed by atoms with Crippen molar-refractivity contribution >= 4 is 33.3 Å². The summed E-state index contributed by atoms with van der Waals surface area (Å²) < 4.78 is 3.96. The normalized spacial score (nSPS) is 21.8. The van der Waals surface area contributed by atoms with Crippen LogP contribution in [0.2, 0.25) is 0 Å². The molecule has 0 amide bonds. The third-order valence-electron chi connectivity index (χ3n) is 5.99. The van der Waals surface area contributed by atoms with Crippen LogP contribution in [-0.2, 0) is 5.41 Å². The van der Waals surface area contributed by atoms with E-state index in [-0.39, 0.29) is 11.0 Å². The van der Waals surface area contributed by atoms with Crippen LogP contribution in [0.4, 0.5) is 5.69 Å². The van der Waals surface area contributed by atoms with E-state index in [2.05, 4.69) is 101 Å². The average molecular weight is 377 g/mol. The molecule has 0 fully saturated rings. The van der Waals surface area contributed by atoms with Crippen LogP contribution in [0, 0.1) is 6.92 Å². The van der Waals surface area contributed by atoms with Crippen molar-refractivity contribution in [2.75, 3.05) is 0 Å². The molecule has 3 aromatic rings. The Morgan fingerprint density at radius 2 is 1.74 bits per heavy atom. The van der Waals surface area contributed by atoms with E-state index in [1.165, 1.54) is 31.8 Å². The van der Waals surface area contributed by atoms with Crippen molar-refractivity contribution in [3.63, 3.8) is 0 Å². The number of fused-ring (bicyclic) bond motifs is 1. The Labute approximate surface area is 167 Å². The van der Waals surface area contributed by atoms with Gasteiger partial charge in [-0.1, -0.05) is 50.2 Å². The molecule has 1 atom stereocenters. The van der Waals surface area contributed by atoms with Gasteiger partial charge in [0.1, 0.15) is 0 Å². The van der Waals surface area contributed by atoms with Gasteiger partial charge in [-0.3, -0.25) is 0 Å². The first kappa shape index (κ1) is 18.4. The molecule has 0 radical (unpaired) electrons.